The molecule has 1 aromatic carbocycles. The van der Waals surface area contributed by atoms with Gasteiger partial charge in [0.05, 0.1) is 18.9 Å². The van der Waals surface area contributed by atoms with Crippen molar-refractivity contribution < 1.29 is 19.1 Å². The van der Waals surface area contributed by atoms with Gasteiger partial charge in [0.15, 0.2) is 0 Å². The zero-order chi connectivity index (χ0) is 21.6. The van der Waals surface area contributed by atoms with Crippen LogP contribution in [-0.2, 0) is 14.3 Å². The van der Waals surface area contributed by atoms with E-state index in [1.54, 1.807) is 7.11 Å². The number of rotatable bonds is 8. The van der Waals surface area contributed by atoms with Gasteiger partial charge in [-0.1, -0.05) is 26.8 Å². The van der Waals surface area contributed by atoms with E-state index in [0.717, 1.165) is 24.9 Å². The first kappa shape index (κ1) is 23.2. The molecule has 1 heterocycles. The van der Waals surface area contributed by atoms with Gasteiger partial charge < -0.3 is 20.1 Å². The van der Waals surface area contributed by atoms with Gasteiger partial charge in [-0.05, 0) is 49.9 Å². The van der Waals surface area contributed by atoms with Crippen LogP contribution in [0.5, 0.6) is 5.75 Å². The van der Waals surface area contributed by atoms with E-state index in [1.165, 1.54) is 0 Å². The fraction of sp³-hybridized carbons (Fsp3) is 0.636. The first-order valence-electron chi connectivity index (χ1n) is 10.1. The predicted octanol–water partition coefficient (Wildman–Crippen LogP) is 2.97. The minimum atomic E-state index is -0.0693. The summed E-state index contributed by atoms with van der Waals surface area (Å²) >= 11 is 0. The SMILES string of the molecule is COc1cc(C2CCC(OCC(=O)N[C@H](C)C(C)(C)C)CN2C)ccc1NC=O. The fourth-order valence-corrected chi connectivity index (χ4v) is 3.45. The maximum atomic E-state index is 12.2. The topological polar surface area (TPSA) is 79.9 Å². The monoisotopic (exact) mass is 405 g/mol. The van der Waals surface area contributed by atoms with Crippen LogP contribution in [0.2, 0.25) is 0 Å². The quantitative estimate of drug-likeness (QED) is 0.650. The normalized spacial score (nSPS) is 21.3. The summed E-state index contributed by atoms with van der Waals surface area (Å²) in [6.45, 7) is 9.16. The molecule has 0 radical (unpaired) electrons. The van der Waals surface area contributed by atoms with Gasteiger partial charge in [0.2, 0.25) is 12.3 Å². The first-order valence-corrected chi connectivity index (χ1v) is 10.1. The van der Waals surface area contributed by atoms with Crippen LogP contribution in [0.25, 0.3) is 0 Å². The molecule has 1 saturated heterocycles. The van der Waals surface area contributed by atoms with Crippen LogP contribution in [0.15, 0.2) is 18.2 Å². The van der Waals surface area contributed by atoms with Crippen molar-refractivity contribution in [3.63, 3.8) is 0 Å². The van der Waals surface area contributed by atoms with E-state index in [0.29, 0.717) is 17.8 Å². The van der Waals surface area contributed by atoms with Crippen molar-refractivity contribution in [2.45, 2.75) is 58.7 Å². The Morgan fingerprint density at radius 3 is 2.66 bits per heavy atom. The number of nitrogens with one attached hydrogen (secondary N) is 2. The Morgan fingerprint density at radius 1 is 1.34 bits per heavy atom. The third-order valence-corrected chi connectivity index (χ3v) is 5.74. The van der Waals surface area contributed by atoms with Gasteiger partial charge >= 0.3 is 0 Å². The number of hydrogen-bond donors (Lipinski definition) is 2. The summed E-state index contributed by atoms with van der Waals surface area (Å²) in [4.78, 5) is 25.1. The minimum absolute atomic E-state index is 0.0196. The third-order valence-electron chi connectivity index (χ3n) is 5.74. The number of methoxy groups -OCH3 is 1. The Morgan fingerprint density at radius 2 is 2.07 bits per heavy atom. The Kier molecular flexibility index (Phi) is 8.05. The lowest BCUT2D eigenvalue weighted by Gasteiger charge is -2.37. The molecule has 1 aliphatic heterocycles. The van der Waals surface area contributed by atoms with Crippen molar-refractivity contribution in [3.8, 4) is 5.75 Å². The standard InChI is InChI=1S/C22H35N3O4/c1-15(22(2,3)4)24-21(27)13-29-17-8-10-19(25(5)12-17)16-7-9-18(23-14-26)20(11-16)28-6/h7,9,11,14-15,17,19H,8,10,12-13H2,1-6H3,(H,23,26)(H,24,27)/t15-,17?,19?/m1/s1. The zero-order valence-electron chi connectivity index (χ0n) is 18.5. The second-order valence-electron chi connectivity index (χ2n) is 8.84. The van der Waals surface area contributed by atoms with Crippen LogP contribution in [0.3, 0.4) is 0 Å². The van der Waals surface area contributed by atoms with Gasteiger partial charge in [0.1, 0.15) is 12.4 Å². The molecule has 2 unspecified atom stereocenters. The lowest BCUT2D eigenvalue weighted by atomic mass is 9.88. The maximum absolute atomic E-state index is 12.2. The summed E-state index contributed by atoms with van der Waals surface area (Å²) in [7, 11) is 3.65. The highest BCUT2D eigenvalue weighted by Gasteiger charge is 2.29. The Balaban J connectivity index is 1.89. The molecule has 2 N–H and O–H groups in total. The van der Waals surface area contributed by atoms with Gasteiger partial charge in [-0.15, -0.1) is 0 Å². The van der Waals surface area contributed by atoms with Crippen LogP contribution in [-0.4, -0.2) is 56.7 Å². The molecular weight excluding hydrogens is 370 g/mol. The van der Waals surface area contributed by atoms with Gasteiger partial charge in [0.25, 0.3) is 0 Å². The van der Waals surface area contributed by atoms with Gasteiger partial charge in [-0.25, -0.2) is 0 Å². The maximum Gasteiger partial charge on any atom is 0.246 e. The number of nitrogens with zero attached hydrogens (tertiary/aromatic N) is 1. The number of likely N-dealkylation sites (N-methyl/N-ethyl adjacent to an activating group) is 1. The molecule has 2 rings (SSSR count). The van der Waals surface area contributed by atoms with E-state index in [-0.39, 0.29) is 36.1 Å². The van der Waals surface area contributed by atoms with Crippen LogP contribution < -0.4 is 15.4 Å². The summed E-state index contributed by atoms with van der Waals surface area (Å²) in [5.74, 6) is 0.575. The second-order valence-corrected chi connectivity index (χ2v) is 8.84. The highest BCUT2D eigenvalue weighted by molar-refractivity contribution is 5.77. The van der Waals surface area contributed by atoms with Gasteiger partial charge in [0, 0.05) is 18.6 Å². The fourth-order valence-electron chi connectivity index (χ4n) is 3.45. The Bertz CT molecular complexity index is 702. The lowest BCUT2D eigenvalue weighted by molar-refractivity contribution is -0.130. The van der Waals surface area contributed by atoms with E-state index >= 15 is 0 Å². The van der Waals surface area contributed by atoms with Gasteiger partial charge in [-0.3, -0.25) is 14.5 Å². The van der Waals surface area contributed by atoms with Crippen LogP contribution in [0.1, 0.15) is 52.1 Å². The first-order chi connectivity index (χ1) is 13.7. The molecule has 0 spiro atoms. The molecular formula is C22H35N3O4. The summed E-state index contributed by atoms with van der Waals surface area (Å²) in [6, 6.07) is 6.17. The lowest BCUT2D eigenvalue weighted by Crippen LogP contribution is -2.45. The molecule has 0 aliphatic carbocycles. The molecule has 0 aromatic heterocycles. The molecule has 0 bridgehead atoms. The van der Waals surface area contributed by atoms with E-state index in [1.807, 2.05) is 25.1 Å². The third kappa shape index (κ3) is 6.44. The molecule has 1 aliphatic rings. The smallest absolute Gasteiger partial charge is 0.246 e. The van der Waals surface area contributed by atoms with Crippen molar-refractivity contribution in [1.29, 1.82) is 0 Å². The van der Waals surface area contributed by atoms with E-state index < -0.39 is 0 Å². The summed E-state index contributed by atoms with van der Waals surface area (Å²) < 4.78 is 11.3. The average molecular weight is 406 g/mol. The summed E-state index contributed by atoms with van der Waals surface area (Å²) in [5, 5.41) is 5.66. The Hall–Kier alpha value is -2.12. The molecule has 2 amide bonds. The van der Waals surface area contributed by atoms with Crippen LogP contribution in [0, 0.1) is 5.41 Å². The highest BCUT2D eigenvalue weighted by atomic mass is 16.5. The number of likely N-dealkylation sites (tertiary alicyclic amines) is 1. The number of anilines is 1. The number of piperidine rings is 1. The molecule has 29 heavy (non-hydrogen) atoms. The number of carbonyl (C=O) groups excluding carboxylic acids is 2. The molecule has 1 aromatic rings. The van der Waals surface area contributed by atoms with E-state index in [9.17, 15) is 9.59 Å². The number of hydrogen-bond acceptors (Lipinski definition) is 5. The molecule has 0 saturated carbocycles. The average Bonchev–Trinajstić information content (AvgIpc) is 2.66. The number of ether oxygens (including phenoxy) is 2. The number of amides is 2. The molecule has 3 atom stereocenters. The summed E-state index contributed by atoms with van der Waals surface area (Å²) in [5.41, 5.74) is 1.81. The molecule has 162 valence electrons. The van der Waals surface area contributed by atoms with E-state index in [4.69, 9.17) is 9.47 Å². The zero-order valence-corrected chi connectivity index (χ0v) is 18.5. The second kappa shape index (κ2) is 10.1. The molecule has 1 fully saturated rings. The Labute approximate surface area is 174 Å². The summed E-state index contributed by atoms with van der Waals surface area (Å²) in [6.07, 6.45) is 2.48. The van der Waals surface area contributed by atoms with Crippen molar-refractivity contribution in [2.24, 2.45) is 5.41 Å². The van der Waals surface area contributed by atoms with Gasteiger partial charge in [-0.2, -0.15) is 0 Å². The van der Waals surface area contributed by atoms with Crippen molar-refractivity contribution in [3.05, 3.63) is 23.8 Å². The number of benzene rings is 1. The van der Waals surface area contributed by atoms with E-state index in [2.05, 4.69) is 43.4 Å². The van der Waals surface area contributed by atoms with Crippen LogP contribution in [0.4, 0.5) is 5.69 Å². The molecule has 7 heteroatoms. The highest BCUT2D eigenvalue weighted by Crippen LogP contribution is 2.35. The predicted molar refractivity (Wildman–Crippen MR) is 114 cm³/mol. The largest absolute Gasteiger partial charge is 0.495 e. The number of carbonyl (C=O) groups is 2. The van der Waals surface area contributed by atoms with Crippen molar-refractivity contribution >= 4 is 18.0 Å². The minimum Gasteiger partial charge on any atom is -0.495 e. The van der Waals surface area contributed by atoms with Crippen LogP contribution >= 0.6 is 0 Å². The molecule has 7 nitrogen and oxygen atoms in total. The van der Waals surface area contributed by atoms with Crippen molar-refractivity contribution in [1.82, 2.24) is 10.2 Å². The van der Waals surface area contributed by atoms with Crippen molar-refractivity contribution in [2.75, 3.05) is 32.6 Å².